The SMILES string of the molecule is CCOC(=O)C=C1CC[C@]2(CO2)[C@@H]([C@@]2(C)O[C@@H]2CC=C(C)C)[C@@H]1OC.CCOC(=O)C=C1CC[C@]2(CO2)[C@@H]([C@@]2(C)O[C@@H]2CC=C(C)C)[C@@H]1OC.CCOC(=O)CP(C)(C)=O.CO[C@@H]1C(=O)CC[C@]2(CO2)[C@H]1[C@@]1(C)O[C@@H]1CC=C(C)C. The first-order valence-electron chi connectivity index (χ1n) is 29.0. The van der Waals surface area contributed by atoms with Gasteiger partial charge in [-0.1, -0.05) is 34.9 Å². The molecule has 0 bridgehead atoms. The van der Waals surface area contributed by atoms with Gasteiger partial charge in [0.05, 0.1) is 101 Å². The Morgan fingerprint density at radius 1 is 0.537 bits per heavy atom. The number of hydrogen-bond donors (Lipinski definition) is 0. The van der Waals surface area contributed by atoms with Gasteiger partial charge < -0.3 is 61.4 Å². The summed E-state index contributed by atoms with van der Waals surface area (Å²) in [7, 11) is 2.80. The highest BCUT2D eigenvalue weighted by Crippen LogP contribution is 2.62. The van der Waals surface area contributed by atoms with Crippen LogP contribution in [0.15, 0.2) is 58.2 Å². The number of carbonyl (C=O) groups excluding carboxylic acids is 4. The molecule has 6 saturated heterocycles. The number of allylic oxidation sites excluding steroid dienone is 3. The third kappa shape index (κ3) is 15.9. The fraction of sp³-hybridized carbons (Fsp3) is 0.774. The molecule has 3 aliphatic carbocycles. The van der Waals surface area contributed by atoms with E-state index in [9.17, 15) is 23.7 Å². The number of ketones is 1. The third-order valence-corrected chi connectivity index (χ3v) is 18.5. The van der Waals surface area contributed by atoms with E-state index in [1.54, 1.807) is 53.7 Å². The van der Waals surface area contributed by atoms with Gasteiger partial charge in [0.2, 0.25) is 0 Å². The molecule has 3 spiro atoms. The number of esters is 3. The first-order chi connectivity index (χ1) is 37.6. The van der Waals surface area contributed by atoms with Gasteiger partial charge in [0.15, 0.2) is 5.78 Å². The molecule has 0 N–H and O–H groups in total. The highest BCUT2D eigenvalue weighted by Gasteiger charge is 2.74. The minimum atomic E-state index is -2.23. The summed E-state index contributed by atoms with van der Waals surface area (Å²) in [6, 6.07) is 0. The van der Waals surface area contributed by atoms with E-state index in [-0.39, 0.29) is 118 Å². The molecule has 0 aromatic carbocycles. The summed E-state index contributed by atoms with van der Waals surface area (Å²) in [6.45, 7) is 30.9. The van der Waals surface area contributed by atoms with E-state index in [4.69, 9.17) is 52.1 Å². The average Bonchev–Trinajstić information content (AvgIpc) is 4.31. The van der Waals surface area contributed by atoms with Crippen molar-refractivity contribution in [2.24, 2.45) is 17.8 Å². The molecular formula is C62H97O17P. The molecule has 0 radical (unpaired) electrons. The number of hydrogen-bond acceptors (Lipinski definition) is 17. The fourth-order valence-corrected chi connectivity index (χ4v) is 13.7. The van der Waals surface area contributed by atoms with Gasteiger partial charge in [-0.3, -0.25) is 9.59 Å². The molecule has 6 aliphatic heterocycles. The monoisotopic (exact) mass is 1140 g/mol. The lowest BCUT2D eigenvalue weighted by Crippen LogP contribution is -2.52. The highest BCUT2D eigenvalue weighted by molar-refractivity contribution is 7.63. The number of epoxide rings is 6. The lowest BCUT2D eigenvalue weighted by molar-refractivity contribution is -0.142. The van der Waals surface area contributed by atoms with Crippen molar-refractivity contribution in [2.45, 2.75) is 211 Å². The van der Waals surface area contributed by atoms with Crippen LogP contribution >= 0.6 is 7.14 Å². The minimum absolute atomic E-state index is 0.0248. The van der Waals surface area contributed by atoms with Gasteiger partial charge in [-0.2, -0.15) is 0 Å². The molecule has 6 heterocycles. The van der Waals surface area contributed by atoms with Crippen LogP contribution in [0.4, 0.5) is 0 Å². The average molecular weight is 1150 g/mol. The molecule has 15 atom stereocenters. The maximum Gasteiger partial charge on any atom is 0.330 e. The van der Waals surface area contributed by atoms with Crippen molar-refractivity contribution in [3.63, 3.8) is 0 Å². The number of carbonyl (C=O) groups is 4. The van der Waals surface area contributed by atoms with E-state index >= 15 is 0 Å². The van der Waals surface area contributed by atoms with Crippen molar-refractivity contribution >= 4 is 30.8 Å². The maximum absolute atomic E-state index is 12.2. The first kappa shape index (κ1) is 65.8. The summed E-state index contributed by atoms with van der Waals surface area (Å²) in [5.41, 5.74) is 4.51. The minimum Gasteiger partial charge on any atom is -0.466 e. The van der Waals surface area contributed by atoms with Crippen molar-refractivity contribution in [1.82, 2.24) is 0 Å². The van der Waals surface area contributed by atoms with E-state index in [0.29, 0.717) is 26.2 Å². The third-order valence-electron chi connectivity index (χ3n) is 17.4. The van der Waals surface area contributed by atoms with Gasteiger partial charge in [-0.05, 0) is 159 Å². The number of rotatable bonds is 19. The van der Waals surface area contributed by atoms with Gasteiger partial charge in [-0.25, -0.2) is 9.59 Å². The van der Waals surface area contributed by atoms with E-state index < -0.39 is 7.14 Å². The Balaban J connectivity index is 0.000000179. The topological polar surface area (TPSA) is 216 Å². The van der Waals surface area contributed by atoms with Crippen LogP contribution in [0, 0.1) is 17.8 Å². The summed E-state index contributed by atoms with van der Waals surface area (Å²) in [5.74, 6) is -0.559. The van der Waals surface area contributed by atoms with Crippen LogP contribution in [0.3, 0.4) is 0 Å². The fourth-order valence-electron chi connectivity index (χ4n) is 13.0. The number of Topliss-reactive ketones (excluding diaryl/α,β-unsaturated/α-hetero) is 1. The number of ether oxygens (including phenoxy) is 12. The number of methoxy groups -OCH3 is 3. The van der Waals surface area contributed by atoms with Gasteiger partial charge in [0, 0.05) is 39.9 Å². The van der Waals surface area contributed by atoms with Crippen LogP contribution < -0.4 is 0 Å². The molecule has 0 aromatic rings. The van der Waals surface area contributed by atoms with Crippen LogP contribution in [0.25, 0.3) is 0 Å². The molecular weight excluding hydrogens is 1050 g/mol. The quantitative estimate of drug-likeness (QED) is 0.0294. The summed E-state index contributed by atoms with van der Waals surface area (Å²) < 4.78 is 78.9. The Kier molecular flexibility index (Phi) is 22.0. The predicted molar refractivity (Wildman–Crippen MR) is 304 cm³/mol. The van der Waals surface area contributed by atoms with Crippen molar-refractivity contribution in [3.8, 4) is 0 Å². The molecule has 3 saturated carbocycles. The molecule has 0 unspecified atom stereocenters. The molecule has 9 rings (SSSR count). The second-order valence-corrected chi connectivity index (χ2v) is 28.3. The Hall–Kier alpha value is -3.35. The second-order valence-electron chi connectivity index (χ2n) is 24.8. The van der Waals surface area contributed by atoms with Crippen molar-refractivity contribution in [1.29, 1.82) is 0 Å². The van der Waals surface area contributed by atoms with E-state index in [2.05, 4.69) is 85.3 Å². The lowest BCUT2D eigenvalue weighted by Gasteiger charge is -2.40. The Morgan fingerprint density at radius 2 is 0.850 bits per heavy atom. The summed E-state index contributed by atoms with van der Waals surface area (Å²) in [4.78, 5) is 46.7. The molecule has 80 heavy (non-hydrogen) atoms. The van der Waals surface area contributed by atoms with Gasteiger partial charge in [0.25, 0.3) is 0 Å². The van der Waals surface area contributed by atoms with Gasteiger partial charge in [0.1, 0.15) is 39.7 Å². The summed E-state index contributed by atoms with van der Waals surface area (Å²) >= 11 is 0. The van der Waals surface area contributed by atoms with E-state index in [0.717, 1.165) is 82.3 Å². The predicted octanol–water partition coefficient (Wildman–Crippen LogP) is 9.80. The Labute approximate surface area is 477 Å². The summed E-state index contributed by atoms with van der Waals surface area (Å²) in [6.07, 6.45) is 17.1. The second kappa shape index (κ2) is 26.7. The zero-order chi connectivity index (χ0) is 59.2. The van der Waals surface area contributed by atoms with Crippen LogP contribution in [0.1, 0.15) is 141 Å². The normalized spacial score (nSPS) is 38.5. The van der Waals surface area contributed by atoms with E-state index in [1.165, 1.54) is 16.7 Å². The molecule has 9 aliphatic rings. The molecule has 0 aromatic heterocycles. The maximum atomic E-state index is 12.2. The van der Waals surface area contributed by atoms with Gasteiger partial charge in [-0.15, -0.1) is 0 Å². The largest absolute Gasteiger partial charge is 0.466 e. The summed E-state index contributed by atoms with van der Waals surface area (Å²) in [5, 5.41) is 0. The first-order valence-corrected chi connectivity index (χ1v) is 31.8. The lowest BCUT2D eigenvalue weighted by atomic mass is 9.67. The van der Waals surface area contributed by atoms with Crippen molar-refractivity contribution in [3.05, 3.63) is 58.2 Å². The van der Waals surface area contributed by atoms with E-state index in [1.807, 2.05) is 13.8 Å². The molecule has 0 amide bonds. The van der Waals surface area contributed by atoms with Gasteiger partial charge >= 0.3 is 17.9 Å². The molecule has 452 valence electrons. The zero-order valence-electron chi connectivity index (χ0n) is 51.3. The standard InChI is InChI=1S/2C20H30O5.C16H24O4.C6H13O3P/c2*1-6-23-16(21)11-14-9-10-20(12-24-20)18(17(14)22-5)19(4)15(25-19)8-7-13(2)3;1-10(2)5-6-12-15(3,20-12)14-13(18-4)11(17)7-8-16(14)9-19-16;1-4-9-6(7)5-10(2,3)8/h2*7,11,15,17-18H,6,8-10,12H2,1-5H3;5,12-14H,6-9H2,1-4H3;4-5H2,1-3H3/t2*15-,17-,18-,19+,20+;12-,13-,14-,15+,16+;/m111./s1. The molecule has 17 nitrogen and oxygen atoms in total. The Bertz CT molecular complexity index is 2310. The smallest absolute Gasteiger partial charge is 0.330 e. The van der Waals surface area contributed by atoms with Crippen LogP contribution in [-0.2, 0) is 80.6 Å². The van der Waals surface area contributed by atoms with Crippen LogP contribution in [0.2, 0.25) is 0 Å². The molecule has 9 fully saturated rings. The molecule has 18 heteroatoms. The highest BCUT2D eigenvalue weighted by atomic mass is 31.2. The van der Waals surface area contributed by atoms with Crippen molar-refractivity contribution in [2.75, 3.05) is 80.5 Å². The zero-order valence-corrected chi connectivity index (χ0v) is 52.2. The Morgan fingerprint density at radius 3 is 1.12 bits per heavy atom. The van der Waals surface area contributed by atoms with Crippen molar-refractivity contribution < 1.29 is 80.6 Å². The van der Waals surface area contributed by atoms with Crippen LogP contribution in [0.5, 0.6) is 0 Å². The van der Waals surface area contributed by atoms with Crippen LogP contribution in [-0.4, -0.2) is 174 Å².